The summed E-state index contributed by atoms with van der Waals surface area (Å²) < 4.78 is 0. The Bertz CT molecular complexity index is 106. The monoisotopic (exact) mass is 172 g/mol. The zero-order valence-electron chi connectivity index (χ0n) is 9.06. The van der Waals surface area contributed by atoms with Gasteiger partial charge in [0.25, 0.3) is 0 Å². The van der Waals surface area contributed by atoms with Crippen LogP contribution in [0.2, 0.25) is 0 Å². The molecule has 0 spiro atoms. The second-order valence-corrected chi connectivity index (χ2v) is 3.78. The van der Waals surface area contributed by atoms with Gasteiger partial charge in [-0.1, -0.05) is 26.7 Å². The van der Waals surface area contributed by atoms with Gasteiger partial charge in [-0.25, -0.2) is 0 Å². The molecule has 0 rings (SSSR count). The molecular formula is C10H24N2. The molecule has 0 aromatic rings. The summed E-state index contributed by atoms with van der Waals surface area (Å²) in [5.41, 5.74) is 6.06. The summed E-state index contributed by atoms with van der Waals surface area (Å²) >= 11 is 0. The third-order valence-corrected chi connectivity index (χ3v) is 2.98. The summed E-state index contributed by atoms with van der Waals surface area (Å²) in [5, 5.41) is 0. The van der Waals surface area contributed by atoms with E-state index in [0.717, 1.165) is 13.0 Å². The minimum atomic E-state index is 0.246. The van der Waals surface area contributed by atoms with E-state index in [-0.39, 0.29) is 5.54 Å². The Hall–Kier alpha value is -0.0800. The number of hydrogen-bond acceptors (Lipinski definition) is 2. The van der Waals surface area contributed by atoms with E-state index in [4.69, 9.17) is 5.73 Å². The standard InChI is InChI=1S/C10H24N2/c1-5-7-8-10(6-2,9-11)12(3)4/h5-9,11H2,1-4H3. The Morgan fingerprint density at radius 3 is 2.08 bits per heavy atom. The molecule has 0 saturated carbocycles. The number of likely N-dealkylation sites (N-methyl/N-ethyl adjacent to an activating group) is 1. The van der Waals surface area contributed by atoms with E-state index < -0.39 is 0 Å². The first-order valence-corrected chi connectivity index (χ1v) is 5.00. The van der Waals surface area contributed by atoms with E-state index in [2.05, 4.69) is 32.8 Å². The fourth-order valence-electron chi connectivity index (χ4n) is 1.65. The Balaban J connectivity index is 4.15. The SMILES string of the molecule is CCCCC(CC)(CN)N(C)C. The summed E-state index contributed by atoms with van der Waals surface area (Å²) in [5.74, 6) is 0. The average Bonchev–Trinajstić information content (AvgIpc) is 2.07. The Morgan fingerprint density at radius 1 is 1.25 bits per heavy atom. The summed E-state index contributed by atoms with van der Waals surface area (Å²) in [7, 11) is 4.26. The van der Waals surface area contributed by atoms with Gasteiger partial charge in [0, 0.05) is 12.1 Å². The highest BCUT2D eigenvalue weighted by Gasteiger charge is 2.27. The van der Waals surface area contributed by atoms with Crippen molar-refractivity contribution in [1.82, 2.24) is 4.90 Å². The van der Waals surface area contributed by atoms with Crippen LogP contribution in [0.5, 0.6) is 0 Å². The number of rotatable bonds is 6. The molecule has 12 heavy (non-hydrogen) atoms. The van der Waals surface area contributed by atoms with Crippen LogP contribution in [0.1, 0.15) is 39.5 Å². The van der Waals surface area contributed by atoms with Crippen molar-refractivity contribution in [2.24, 2.45) is 5.73 Å². The summed E-state index contributed by atoms with van der Waals surface area (Å²) in [6.45, 7) is 5.23. The quantitative estimate of drug-likeness (QED) is 0.662. The smallest absolute Gasteiger partial charge is 0.0323 e. The van der Waals surface area contributed by atoms with Crippen molar-refractivity contribution in [2.45, 2.75) is 45.1 Å². The highest BCUT2D eigenvalue weighted by molar-refractivity contribution is 4.87. The molecule has 2 nitrogen and oxygen atoms in total. The third kappa shape index (κ3) is 2.76. The Labute approximate surface area is 77.1 Å². The maximum atomic E-state index is 5.82. The van der Waals surface area contributed by atoms with Crippen molar-refractivity contribution < 1.29 is 0 Å². The molecule has 0 aliphatic heterocycles. The van der Waals surface area contributed by atoms with Crippen molar-refractivity contribution >= 4 is 0 Å². The maximum Gasteiger partial charge on any atom is 0.0323 e. The van der Waals surface area contributed by atoms with E-state index in [1.165, 1.54) is 19.3 Å². The topological polar surface area (TPSA) is 29.3 Å². The molecule has 0 radical (unpaired) electrons. The normalized spacial score (nSPS) is 16.5. The average molecular weight is 172 g/mol. The van der Waals surface area contributed by atoms with Gasteiger partial charge in [0.1, 0.15) is 0 Å². The lowest BCUT2D eigenvalue weighted by Gasteiger charge is -2.38. The van der Waals surface area contributed by atoms with Crippen LogP contribution in [0, 0.1) is 0 Å². The zero-order valence-corrected chi connectivity index (χ0v) is 9.06. The van der Waals surface area contributed by atoms with Crippen LogP contribution < -0.4 is 5.73 Å². The summed E-state index contributed by atoms with van der Waals surface area (Å²) in [4.78, 5) is 2.28. The minimum absolute atomic E-state index is 0.246. The van der Waals surface area contributed by atoms with Crippen molar-refractivity contribution in [2.75, 3.05) is 20.6 Å². The molecule has 2 heteroatoms. The van der Waals surface area contributed by atoms with Crippen LogP contribution in [0.25, 0.3) is 0 Å². The number of hydrogen-bond donors (Lipinski definition) is 1. The van der Waals surface area contributed by atoms with Gasteiger partial charge in [0.05, 0.1) is 0 Å². The van der Waals surface area contributed by atoms with Crippen LogP contribution in [0.3, 0.4) is 0 Å². The fraction of sp³-hybridized carbons (Fsp3) is 1.00. The molecule has 0 aliphatic rings. The Morgan fingerprint density at radius 2 is 1.83 bits per heavy atom. The predicted octanol–water partition coefficient (Wildman–Crippen LogP) is 1.85. The van der Waals surface area contributed by atoms with Gasteiger partial charge in [-0.15, -0.1) is 0 Å². The molecular weight excluding hydrogens is 148 g/mol. The Kier molecular flexibility index (Phi) is 5.51. The van der Waals surface area contributed by atoms with Crippen LogP contribution in [0.15, 0.2) is 0 Å². The lowest BCUT2D eigenvalue weighted by molar-refractivity contribution is 0.138. The lowest BCUT2D eigenvalue weighted by atomic mass is 9.88. The van der Waals surface area contributed by atoms with Crippen LogP contribution in [0.4, 0.5) is 0 Å². The molecule has 0 saturated heterocycles. The zero-order chi connectivity index (χ0) is 9.61. The van der Waals surface area contributed by atoms with Gasteiger partial charge in [0.2, 0.25) is 0 Å². The van der Waals surface area contributed by atoms with Crippen LogP contribution in [-0.4, -0.2) is 31.1 Å². The molecule has 0 fully saturated rings. The fourth-order valence-corrected chi connectivity index (χ4v) is 1.65. The third-order valence-electron chi connectivity index (χ3n) is 2.98. The van der Waals surface area contributed by atoms with Gasteiger partial charge in [-0.3, -0.25) is 0 Å². The molecule has 1 unspecified atom stereocenters. The van der Waals surface area contributed by atoms with E-state index in [1.54, 1.807) is 0 Å². The summed E-state index contributed by atoms with van der Waals surface area (Å²) in [6.07, 6.45) is 4.92. The van der Waals surface area contributed by atoms with Gasteiger partial charge < -0.3 is 10.6 Å². The van der Waals surface area contributed by atoms with Crippen molar-refractivity contribution in [1.29, 1.82) is 0 Å². The largest absolute Gasteiger partial charge is 0.329 e. The van der Waals surface area contributed by atoms with E-state index in [0.29, 0.717) is 0 Å². The highest BCUT2D eigenvalue weighted by atomic mass is 15.2. The van der Waals surface area contributed by atoms with Crippen molar-refractivity contribution in [3.05, 3.63) is 0 Å². The molecule has 0 aromatic carbocycles. The lowest BCUT2D eigenvalue weighted by Crippen LogP contribution is -2.49. The predicted molar refractivity (Wildman–Crippen MR) is 55.3 cm³/mol. The molecule has 0 amide bonds. The van der Waals surface area contributed by atoms with Crippen molar-refractivity contribution in [3.63, 3.8) is 0 Å². The second-order valence-electron chi connectivity index (χ2n) is 3.78. The van der Waals surface area contributed by atoms with Gasteiger partial charge in [-0.2, -0.15) is 0 Å². The maximum absolute atomic E-state index is 5.82. The minimum Gasteiger partial charge on any atom is -0.329 e. The molecule has 0 heterocycles. The number of unbranched alkanes of at least 4 members (excludes halogenated alkanes) is 1. The van der Waals surface area contributed by atoms with E-state index in [1.807, 2.05) is 0 Å². The van der Waals surface area contributed by atoms with Crippen molar-refractivity contribution in [3.8, 4) is 0 Å². The molecule has 0 aromatic heterocycles. The van der Waals surface area contributed by atoms with Gasteiger partial charge in [-0.05, 0) is 26.9 Å². The highest BCUT2D eigenvalue weighted by Crippen LogP contribution is 2.22. The summed E-state index contributed by atoms with van der Waals surface area (Å²) in [6, 6.07) is 0. The first-order valence-electron chi connectivity index (χ1n) is 5.00. The second kappa shape index (κ2) is 5.55. The van der Waals surface area contributed by atoms with Gasteiger partial charge >= 0.3 is 0 Å². The van der Waals surface area contributed by atoms with E-state index in [9.17, 15) is 0 Å². The first kappa shape index (κ1) is 11.9. The number of nitrogens with two attached hydrogens (primary N) is 1. The van der Waals surface area contributed by atoms with Gasteiger partial charge in [0.15, 0.2) is 0 Å². The molecule has 0 aliphatic carbocycles. The molecule has 0 bridgehead atoms. The number of nitrogens with zero attached hydrogens (tertiary/aromatic N) is 1. The molecule has 1 atom stereocenters. The molecule has 2 N–H and O–H groups in total. The first-order chi connectivity index (χ1) is 5.63. The van der Waals surface area contributed by atoms with Crippen LogP contribution >= 0.6 is 0 Å². The van der Waals surface area contributed by atoms with Crippen LogP contribution in [-0.2, 0) is 0 Å². The van der Waals surface area contributed by atoms with E-state index >= 15 is 0 Å². The molecule has 74 valence electrons.